The van der Waals surface area contributed by atoms with Crippen LogP contribution in [0.4, 0.5) is 0 Å². The average Bonchev–Trinajstić information content (AvgIpc) is 2.33. The monoisotopic (exact) mass is 204 g/mol. The first-order valence-electron chi connectivity index (χ1n) is 3.82. The summed E-state index contributed by atoms with van der Waals surface area (Å²) in [6.07, 6.45) is 1.76. The Balaban J connectivity index is 2.71. The summed E-state index contributed by atoms with van der Waals surface area (Å²) in [4.78, 5) is 3.88. The van der Waals surface area contributed by atoms with Gasteiger partial charge in [-0.05, 0) is 13.8 Å². The molecule has 2 N–H and O–H groups in total. The molecule has 6 heteroatoms. The molecule has 0 aliphatic rings. The van der Waals surface area contributed by atoms with E-state index in [4.69, 9.17) is 9.56 Å². The molecule has 1 aromatic heterocycles. The summed E-state index contributed by atoms with van der Waals surface area (Å²) in [5, 5.41) is 4.27. The van der Waals surface area contributed by atoms with Crippen molar-refractivity contribution in [1.82, 2.24) is 4.98 Å². The van der Waals surface area contributed by atoms with E-state index in [0.29, 0.717) is 11.7 Å². The Morgan fingerprint density at radius 3 is 2.69 bits per heavy atom. The number of hydrogen-bond acceptors (Lipinski definition) is 4. The molecule has 0 aromatic carbocycles. The van der Waals surface area contributed by atoms with Crippen LogP contribution in [0.3, 0.4) is 0 Å². The fourth-order valence-electron chi connectivity index (χ4n) is 0.858. The Labute approximate surface area is 77.0 Å². The van der Waals surface area contributed by atoms with Crippen molar-refractivity contribution in [3.05, 3.63) is 17.8 Å². The summed E-state index contributed by atoms with van der Waals surface area (Å²) in [5.74, 6) is 1.07. The van der Waals surface area contributed by atoms with E-state index in [1.165, 1.54) is 6.92 Å². The van der Waals surface area contributed by atoms with Gasteiger partial charge in [-0.1, -0.05) is 0 Å². The Kier molecular flexibility index (Phi) is 2.72. The van der Waals surface area contributed by atoms with Crippen LogP contribution in [0.5, 0.6) is 0 Å². The van der Waals surface area contributed by atoms with E-state index >= 15 is 0 Å². The largest absolute Gasteiger partial charge is 0.446 e. The van der Waals surface area contributed by atoms with Gasteiger partial charge >= 0.3 is 0 Å². The molecule has 1 heterocycles. The third kappa shape index (κ3) is 2.82. The van der Waals surface area contributed by atoms with Gasteiger partial charge in [0.2, 0.25) is 10.0 Å². The molecule has 0 aliphatic carbocycles. The zero-order chi connectivity index (χ0) is 10.1. The number of aryl methyl sites for hydroxylation is 1. The first-order valence-corrected chi connectivity index (χ1v) is 5.43. The third-order valence-electron chi connectivity index (χ3n) is 1.69. The Bertz CT molecular complexity index is 382. The van der Waals surface area contributed by atoms with Crippen LogP contribution in [0.2, 0.25) is 0 Å². The van der Waals surface area contributed by atoms with Gasteiger partial charge in [0.25, 0.3) is 0 Å². The van der Waals surface area contributed by atoms with Crippen molar-refractivity contribution in [1.29, 1.82) is 0 Å². The topological polar surface area (TPSA) is 86.2 Å². The smallest absolute Gasteiger partial charge is 0.212 e. The summed E-state index contributed by atoms with van der Waals surface area (Å²) in [5.41, 5.74) is 0. The lowest BCUT2D eigenvalue weighted by molar-refractivity contribution is 0.466. The summed E-state index contributed by atoms with van der Waals surface area (Å²) in [7, 11) is -3.49. The Morgan fingerprint density at radius 2 is 2.31 bits per heavy atom. The molecule has 74 valence electrons. The predicted molar refractivity (Wildman–Crippen MR) is 47.5 cm³/mol. The molecule has 0 saturated heterocycles. The minimum Gasteiger partial charge on any atom is -0.446 e. The second kappa shape index (κ2) is 3.47. The van der Waals surface area contributed by atoms with Gasteiger partial charge in [0, 0.05) is 6.42 Å². The number of nitrogens with two attached hydrogens (primary N) is 1. The molecule has 1 atom stereocenters. The number of hydrogen-bond donors (Lipinski definition) is 1. The average molecular weight is 204 g/mol. The molecular formula is C7H12N2O3S. The van der Waals surface area contributed by atoms with Gasteiger partial charge in [0.1, 0.15) is 5.76 Å². The normalized spacial score (nSPS) is 14.4. The lowest BCUT2D eigenvalue weighted by atomic mass is 10.3. The zero-order valence-corrected chi connectivity index (χ0v) is 8.34. The van der Waals surface area contributed by atoms with Crippen molar-refractivity contribution < 1.29 is 12.8 Å². The van der Waals surface area contributed by atoms with Crippen LogP contribution in [0.15, 0.2) is 10.6 Å². The van der Waals surface area contributed by atoms with Gasteiger partial charge in [-0.25, -0.2) is 18.5 Å². The molecule has 1 unspecified atom stereocenters. The van der Waals surface area contributed by atoms with Crippen LogP contribution in [0.1, 0.15) is 18.6 Å². The van der Waals surface area contributed by atoms with Crippen LogP contribution in [0.25, 0.3) is 0 Å². The summed E-state index contributed by atoms with van der Waals surface area (Å²) in [6, 6.07) is 0. The maximum atomic E-state index is 10.9. The molecule has 0 bridgehead atoms. The molecule has 0 radical (unpaired) electrons. The highest BCUT2D eigenvalue weighted by atomic mass is 32.2. The van der Waals surface area contributed by atoms with Crippen LogP contribution < -0.4 is 5.14 Å². The minimum absolute atomic E-state index is 0.215. The second-order valence-corrected chi connectivity index (χ2v) is 4.95. The van der Waals surface area contributed by atoms with Crippen LogP contribution in [0, 0.1) is 6.92 Å². The summed E-state index contributed by atoms with van der Waals surface area (Å²) >= 11 is 0. The standard InChI is InChI=1S/C7H12N2O3S/c1-5-4-9-7(12-5)3-6(2)13(8,10)11/h4,6H,3H2,1-2H3,(H2,8,10,11). The van der Waals surface area contributed by atoms with E-state index in [1.807, 2.05) is 0 Å². The highest BCUT2D eigenvalue weighted by Crippen LogP contribution is 2.07. The maximum Gasteiger partial charge on any atom is 0.212 e. The molecule has 13 heavy (non-hydrogen) atoms. The van der Waals surface area contributed by atoms with Gasteiger partial charge in [-0.15, -0.1) is 0 Å². The van der Waals surface area contributed by atoms with Gasteiger partial charge in [-0.2, -0.15) is 0 Å². The van der Waals surface area contributed by atoms with Crippen molar-refractivity contribution in [3.63, 3.8) is 0 Å². The van der Waals surface area contributed by atoms with Gasteiger partial charge in [-0.3, -0.25) is 0 Å². The Hall–Kier alpha value is -0.880. The van der Waals surface area contributed by atoms with Gasteiger partial charge < -0.3 is 4.42 Å². The highest BCUT2D eigenvalue weighted by Gasteiger charge is 2.18. The summed E-state index contributed by atoms with van der Waals surface area (Å²) < 4.78 is 26.8. The van der Waals surface area contributed by atoms with Crippen molar-refractivity contribution in [3.8, 4) is 0 Å². The van der Waals surface area contributed by atoms with Crippen molar-refractivity contribution in [2.45, 2.75) is 25.5 Å². The van der Waals surface area contributed by atoms with Crippen LogP contribution in [-0.2, 0) is 16.4 Å². The SMILES string of the molecule is Cc1cnc(CC(C)S(N)(=O)=O)o1. The van der Waals surface area contributed by atoms with Crippen molar-refractivity contribution in [2.75, 3.05) is 0 Å². The van der Waals surface area contributed by atoms with Gasteiger partial charge in [0.15, 0.2) is 5.89 Å². The molecule has 0 saturated carbocycles. The number of oxazole rings is 1. The van der Waals surface area contributed by atoms with Crippen LogP contribution in [-0.4, -0.2) is 18.7 Å². The lowest BCUT2D eigenvalue weighted by Gasteiger charge is -2.04. The zero-order valence-electron chi connectivity index (χ0n) is 7.52. The van der Waals surface area contributed by atoms with Crippen molar-refractivity contribution >= 4 is 10.0 Å². The fraction of sp³-hybridized carbons (Fsp3) is 0.571. The van der Waals surface area contributed by atoms with E-state index in [9.17, 15) is 8.42 Å². The minimum atomic E-state index is -3.49. The molecule has 1 rings (SSSR count). The molecule has 0 aliphatic heterocycles. The molecule has 5 nitrogen and oxygen atoms in total. The number of nitrogens with zero attached hydrogens (tertiary/aromatic N) is 1. The predicted octanol–water partition coefficient (Wildman–Crippen LogP) is 0.203. The Morgan fingerprint density at radius 1 is 1.69 bits per heavy atom. The summed E-state index contributed by atoms with van der Waals surface area (Å²) in [6.45, 7) is 3.27. The van der Waals surface area contributed by atoms with E-state index in [-0.39, 0.29) is 6.42 Å². The van der Waals surface area contributed by atoms with E-state index < -0.39 is 15.3 Å². The number of rotatable bonds is 3. The molecule has 0 amide bonds. The quantitative estimate of drug-likeness (QED) is 0.762. The lowest BCUT2D eigenvalue weighted by Crippen LogP contribution is -2.27. The van der Waals surface area contributed by atoms with Crippen molar-refractivity contribution in [2.24, 2.45) is 5.14 Å². The molecular weight excluding hydrogens is 192 g/mol. The van der Waals surface area contributed by atoms with E-state index in [2.05, 4.69) is 4.98 Å². The maximum absolute atomic E-state index is 10.9. The number of aromatic nitrogens is 1. The number of primary sulfonamides is 1. The second-order valence-electron chi connectivity index (χ2n) is 2.97. The highest BCUT2D eigenvalue weighted by molar-refractivity contribution is 7.89. The van der Waals surface area contributed by atoms with E-state index in [1.54, 1.807) is 13.1 Å². The first-order chi connectivity index (χ1) is 5.89. The number of sulfonamides is 1. The fourth-order valence-corrected chi connectivity index (χ4v) is 1.23. The van der Waals surface area contributed by atoms with Crippen LogP contribution >= 0.6 is 0 Å². The molecule has 1 aromatic rings. The molecule has 0 spiro atoms. The van der Waals surface area contributed by atoms with E-state index in [0.717, 1.165) is 0 Å². The third-order valence-corrected chi connectivity index (χ3v) is 2.98. The molecule has 0 fully saturated rings. The van der Waals surface area contributed by atoms with Gasteiger partial charge in [0.05, 0.1) is 11.4 Å². The first kappa shape index (κ1) is 10.2.